The first kappa shape index (κ1) is 32.3. The van der Waals surface area contributed by atoms with Crippen molar-refractivity contribution in [3.63, 3.8) is 0 Å². The van der Waals surface area contributed by atoms with E-state index in [9.17, 15) is 19.8 Å². The summed E-state index contributed by atoms with van der Waals surface area (Å²) in [6.45, 7) is 8.98. The number of amides is 2. The van der Waals surface area contributed by atoms with E-state index in [1.54, 1.807) is 6.92 Å². The zero-order chi connectivity index (χ0) is 30.2. The predicted octanol–water partition coefficient (Wildman–Crippen LogP) is 3.04. The highest BCUT2D eigenvalue weighted by atomic mass is 16.3. The molecule has 0 aromatic rings. The van der Waals surface area contributed by atoms with Gasteiger partial charge in [-0.3, -0.25) is 9.59 Å². The highest BCUT2D eigenvalue weighted by Gasteiger charge is 2.62. The van der Waals surface area contributed by atoms with E-state index in [0.29, 0.717) is 54.8 Å². The molecule has 2 amide bonds. The highest BCUT2D eigenvalue weighted by Crippen LogP contribution is 2.68. The van der Waals surface area contributed by atoms with E-state index in [2.05, 4.69) is 37.3 Å². The van der Waals surface area contributed by atoms with Crippen LogP contribution in [0.2, 0.25) is 0 Å². The Morgan fingerprint density at radius 3 is 2.41 bits per heavy atom. The number of carbonyl (C=O) groups excluding carboxylic acids is 2. The first-order valence-corrected chi connectivity index (χ1v) is 16.1. The van der Waals surface area contributed by atoms with Crippen LogP contribution < -0.4 is 22.1 Å². The van der Waals surface area contributed by atoms with E-state index in [0.717, 1.165) is 51.4 Å². The third-order valence-electron chi connectivity index (χ3n) is 12.2. The van der Waals surface area contributed by atoms with Crippen molar-refractivity contribution in [3.8, 4) is 12.3 Å². The minimum Gasteiger partial charge on any atom is -0.393 e. The molecule has 0 bridgehead atoms. The van der Waals surface area contributed by atoms with Crippen molar-refractivity contribution in [1.29, 1.82) is 0 Å². The summed E-state index contributed by atoms with van der Waals surface area (Å²) in [4.78, 5) is 25.7. The maximum atomic E-state index is 13.0. The van der Waals surface area contributed by atoms with Gasteiger partial charge in [0.1, 0.15) is 6.04 Å². The molecule has 8 heteroatoms. The van der Waals surface area contributed by atoms with Crippen molar-refractivity contribution in [1.82, 2.24) is 10.6 Å². The molecule has 0 aromatic carbocycles. The summed E-state index contributed by atoms with van der Waals surface area (Å²) >= 11 is 0. The molecule has 8 N–H and O–H groups in total. The summed E-state index contributed by atoms with van der Waals surface area (Å²) in [5.74, 6) is 4.61. The van der Waals surface area contributed by atoms with Gasteiger partial charge in [-0.2, -0.15) is 0 Å². The molecule has 4 aliphatic carbocycles. The van der Waals surface area contributed by atoms with Gasteiger partial charge in [0.25, 0.3) is 0 Å². The Hall–Kier alpha value is -1.66. The molecular formula is C33H56N4O4. The van der Waals surface area contributed by atoms with E-state index >= 15 is 0 Å². The van der Waals surface area contributed by atoms with Gasteiger partial charge < -0.3 is 32.3 Å². The fraction of sp³-hybridized carbons (Fsp3) is 0.879. The molecule has 232 valence electrons. The molecule has 41 heavy (non-hydrogen) atoms. The van der Waals surface area contributed by atoms with Crippen LogP contribution in [-0.2, 0) is 9.59 Å². The van der Waals surface area contributed by atoms with Crippen LogP contribution in [0, 0.1) is 58.7 Å². The minimum atomic E-state index is -0.931. The number of rotatable bonds is 10. The average Bonchev–Trinajstić information content (AvgIpc) is 3.26. The summed E-state index contributed by atoms with van der Waals surface area (Å²) in [6, 6.07) is -0.722. The van der Waals surface area contributed by atoms with Crippen LogP contribution >= 0.6 is 0 Å². The topological polar surface area (TPSA) is 151 Å². The second-order valence-corrected chi connectivity index (χ2v) is 15.1. The van der Waals surface area contributed by atoms with E-state index in [1.165, 1.54) is 6.42 Å². The lowest BCUT2D eigenvalue weighted by Gasteiger charge is -2.62. The number of hydrogen-bond acceptors (Lipinski definition) is 6. The maximum Gasteiger partial charge on any atom is 0.243 e. The Balaban J connectivity index is 1.37. The monoisotopic (exact) mass is 572 g/mol. The number of aliphatic hydroxyl groups excluding tert-OH is 2. The number of aliphatic hydroxyl groups is 2. The molecule has 11 atom stereocenters. The quantitative estimate of drug-likeness (QED) is 0.175. The molecule has 0 spiro atoms. The number of terminal acetylenes is 1. The second-order valence-electron chi connectivity index (χ2n) is 15.1. The van der Waals surface area contributed by atoms with Crippen molar-refractivity contribution >= 4 is 11.8 Å². The molecule has 0 heterocycles. The lowest BCUT2D eigenvalue weighted by molar-refractivity contribution is -0.174. The third-order valence-corrected chi connectivity index (χ3v) is 12.2. The van der Waals surface area contributed by atoms with E-state index < -0.39 is 11.7 Å². The standard InChI is InChI=1S/C33H56N4O4/c1-6-17-36-30(41)26(13-16-33(5,34)35)37-28(40)10-7-20(2)23-8-9-24-29-25(12-15-32(23,24)4)31(3)14-11-22(38)18-21(31)19-27(29)39/h1,20-27,29,38-39H,7-19,34-35H2,2-5H3,(H,36,41)(H,37,40). The summed E-state index contributed by atoms with van der Waals surface area (Å²) < 4.78 is 0. The Morgan fingerprint density at radius 1 is 1.05 bits per heavy atom. The molecule has 0 radical (unpaired) electrons. The van der Waals surface area contributed by atoms with E-state index in [4.69, 9.17) is 17.9 Å². The molecule has 0 aliphatic heterocycles. The van der Waals surface area contributed by atoms with Gasteiger partial charge in [-0.15, -0.1) is 6.42 Å². The van der Waals surface area contributed by atoms with Gasteiger partial charge in [0, 0.05) is 6.42 Å². The SMILES string of the molecule is C#CCNC(=O)C(CCC(C)(N)N)NC(=O)CCC(C)C1CCC2C3C(O)CC4CC(O)CCC4(C)C3CCC12C. The van der Waals surface area contributed by atoms with Crippen LogP contribution in [0.4, 0.5) is 0 Å². The predicted molar refractivity (Wildman–Crippen MR) is 161 cm³/mol. The van der Waals surface area contributed by atoms with Crippen LogP contribution in [0.25, 0.3) is 0 Å². The van der Waals surface area contributed by atoms with Gasteiger partial charge >= 0.3 is 0 Å². The first-order chi connectivity index (χ1) is 19.2. The molecule has 11 unspecified atom stereocenters. The fourth-order valence-electron chi connectivity index (χ4n) is 9.99. The Labute approximate surface area is 247 Å². The first-order valence-electron chi connectivity index (χ1n) is 16.1. The van der Waals surface area contributed by atoms with Crippen molar-refractivity contribution in [2.24, 2.45) is 57.8 Å². The van der Waals surface area contributed by atoms with Crippen LogP contribution in [0.5, 0.6) is 0 Å². The zero-order valence-electron chi connectivity index (χ0n) is 25.8. The van der Waals surface area contributed by atoms with E-state index in [-0.39, 0.29) is 41.4 Å². The van der Waals surface area contributed by atoms with Crippen LogP contribution in [-0.4, -0.2) is 52.5 Å². The summed E-state index contributed by atoms with van der Waals surface area (Å²) in [7, 11) is 0. The largest absolute Gasteiger partial charge is 0.393 e. The summed E-state index contributed by atoms with van der Waals surface area (Å²) in [6.07, 6.45) is 14.9. The van der Waals surface area contributed by atoms with E-state index in [1.807, 2.05) is 0 Å². The molecule has 4 fully saturated rings. The van der Waals surface area contributed by atoms with Crippen LogP contribution in [0.15, 0.2) is 0 Å². The van der Waals surface area contributed by atoms with Crippen molar-refractivity contribution in [2.75, 3.05) is 6.54 Å². The van der Waals surface area contributed by atoms with Gasteiger partial charge in [-0.25, -0.2) is 0 Å². The Morgan fingerprint density at radius 2 is 1.73 bits per heavy atom. The number of nitrogens with two attached hydrogens (primary N) is 2. The molecule has 4 rings (SSSR count). The average molecular weight is 573 g/mol. The van der Waals surface area contributed by atoms with Crippen molar-refractivity contribution in [3.05, 3.63) is 0 Å². The van der Waals surface area contributed by atoms with Gasteiger partial charge in [-0.1, -0.05) is 26.7 Å². The minimum absolute atomic E-state index is 0.102. The summed E-state index contributed by atoms with van der Waals surface area (Å²) in [5, 5.41) is 27.4. The fourth-order valence-corrected chi connectivity index (χ4v) is 9.99. The number of fused-ring (bicyclic) bond motifs is 5. The maximum absolute atomic E-state index is 13.0. The van der Waals surface area contributed by atoms with Gasteiger partial charge in [-0.05, 0) is 124 Å². The smallest absolute Gasteiger partial charge is 0.243 e. The Kier molecular flexibility index (Phi) is 9.85. The third kappa shape index (κ3) is 6.79. The number of hydrogen-bond donors (Lipinski definition) is 6. The van der Waals surface area contributed by atoms with Gasteiger partial charge in [0.2, 0.25) is 11.8 Å². The zero-order valence-corrected chi connectivity index (χ0v) is 25.8. The van der Waals surface area contributed by atoms with Gasteiger partial charge in [0.15, 0.2) is 0 Å². The van der Waals surface area contributed by atoms with Crippen molar-refractivity contribution < 1.29 is 19.8 Å². The van der Waals surface area contributed by atoms with Gasteiger partial charge in [0.05, 0.1) is 24.4 Å². The number of carbonyl (C=O) groups is 2. The molecular weight excluding hydrogens is 516 g/mol. The highest BCUT2D eigenvalue weighted by molar-refractivity contribution is 5.87. The normalized spacial score (nSPS) is 39.8. The lowest BCUT2D eigenvalue weighted by atomic mass is 9.43. The molecule has 0 saturated heterocycles. The van der Waals surface area contributed by atoms with Crippen LogP contribution in [0.3, 0.4) is 0 Å². The summed E-state index contributed by atoms with van der Waals surface area (Å²) in [5.41, 5.74) is 11.3. The molecule has 8 nitrogen and oxygen atoms in total. The molecule has 0 aromatic heterocycles. The second kappa shape index (κ2) is 12.5. The van der Waals surface area contributed by atoms with Crippen LogP contribution in [0.1, 0.15) is 105 Å². The molecule has 4 saturated carbocycles. The molecule has 4 aliphatic rings. The lowest BCUT2D eigenvalue weighted by Crippen LogP contribution is -2.58. The van der Waals surface area contributed by atoms with Crippen molar-refractivity contribution in [2.45, 2.75) is 129 Å². The Bertz CT molecular complexity index is 991. The number of nitrogens with one attached hydrogen (secondary N) is 2.